The number of anilines is 1. The number of benzene rings is 3. The molecular formula is C22H22N2O4S. The molecule has 150 valence electrons. The fourth-order valence-corrected chi connectivity index (χ4v) is 5.07. The number of rotatable bonds is 4. The second kappa shape index (κ2) is 7.94. The van der Waals surface area contributed by atoms with Crippen LogP contribution in [0.15, 0.2) is 65.6 Å². The van der Waals surface area contributed by atoms with Crippen LogP contribution in [0.5, 0.6) is 0 Å². The largest absolute Gasteiger partial charge is 0.379 e. The van der Waals surface area contributed by atoms with Gasteiger partial charge < -0.3 is 10.1 Å². The number of hydrogen-bond acceptors (Lipinski definition) is 4. The molecule has 3 aromatic rings. The van der Waals surface area contributed by atoms with Crippen LogP contribution in [0.1, 0.15) is 15.9 Å². The Bertz CT molecular complexity index is 1170. The van der Waals surface area contributed by atoms with E-state index in [-0.39, 0.29) is 10.8 Å². The third kappa shape index (κ3) is 4.03. The lowest BCUT2D eigenvalue weighted by atomic mass is 10.1. The zero-order valence-electron chi connectivity index (χ0n) is 16.1. The number of nitrogens with zero attached hydrogens (tertiary/aromatic N) is 1. The third-order valence-corrected chi connectivity index (χ3v) is 7.09. The van der Waals surface area contributed by atoms with Crippen LogP contribution in [0.3, 0.4) is 0 Å². The van der Waals surface area contributed by atoms with E-state index < -0.39 is 10.0 Å². The first kappa shape index (κ1) is 19.6. The van der Waals surface area contributed by atoms with Crippen LogP contribution < -0.4 is 5.32 Å². The minimum atomic E-state index is -3.64. The molecule has 0 spiro atoms. The highest BCUT2D eigenvalue weighted by molar-refractivity contribution is 7.89. The monoisotopic (exact) mass is 410 g/mol. The Kier molecular flexibility index (Phi) is 5.36. The summed E-state index contributed by atoms with van der Waals surface area (Å²) < 4.78 is 32.7. The van der Waals surface area contributed by atoms with Gasteiger partial charge in [-0.1, -0.05) is 36.4 Å². The van der Waals surface area contributed by atoms with Gasteiger partial charge in [-0.05, 0) is 47.5 Å². The van der Waals surface area contributed by atoms with E-state index in [0.717, 1.165) is 10.8 Å². The lowest BCUT2D eigenvalue weighted by molar-refractivity contribution is 0.0730. The lowest BCUT2D eigenvalue weighted by Gasteiger charge is -2.26. The second-order valence-corrected chi connectivity index (χ2v) is 8.92. The molecule has 0 aliphatic carbocycles. The number of carbonyl (C=O) groups is 1. The average molecular weight is 410 g/mol. The lowest BCUT2D eigenvalue weighted by Crippen LogP contribution is -2.40. The summed E-state index contributed by atoms with van der Waals surface area (Å²) in [5.74, 6) is -0.283. The summed E-state index contributed by atoms with van der Waals surface area (Å²) >= 11 is 0. The quantitative estimate of drug-likeness (QED) is 0.715. The first-order valence-corrected chi connectivity index (χ1v) is 10.9. The van der Waals surface area contributed by atoms with E-state index in [1.165, 1.54) is 10.4 Å². The first-order chi connectivity index (χ1) is 13.9. The molecule has 1 fully saturated rings. The van der Waals surface area contributed by atoms with Crippen LogP contribution in [-0.2, 0) is 14.8 Å². The number of fused-ring (bicyclic) bond motifs is 1. The van der Waals surface area contributed by atoms with Gasteiger partial charge in [-0.3, -0.25) is 4.79 Å². The fraction of sp³-hybridized carbons (Fsp3) is 0.227. The molecule has 0 bridgehead atoms. The molecule has 1 aliphatic heterocycles. The number of amides is 1. The van der Waals surface area contributed by atoms with Crippen LogP contribution in [0.4, 0.5) is 5.69 Å². The molecule has 0 radical (unpaired) electrons. The van der Waals surface area contributed by atoms with Gasteiger partial charge in [-0.15, -0.1) is 0 Å². The van der Waals surface area contributed by atoms with Crippen molar-refractivity contribution in [1.29, 1.82) is 0 Å². The van der Waals surface area contributed by atoms with Gasteiger partial charge in [0.15, 0.2) is 0 Å². The van der Waals surface area contributed by atoms with Crippen molar-refractivity contribution in [2.24, 2.45) is 0 Å². The number of nitrogens with one attached hydrogen (secondary N) is 1. The Balaban J connectivity index is 1.60. The maximum absolute atomic E-state index is 13.0. The third-order valence-electron chi connectivity index (χ3n) is 5.05. The van der Waals surface area contributed by atoms with E-state index in [9.17, 15) is 13.2 Å². The molecule has 1 amide bonds. The van der Waals surface area contributed by atoms with Crippen molar-refractivity contribution >= 4 is 32.4 Å². The Morgan fingerprint density at radius 1 is 0.966 bits per heavy atom. The van der Waals surface area contributed by atoms with Crippen LogP contribution >= 0.6 is 0 Å². The summed E-state index contributed by atoms with van der Waals surface area (Å²) in [5, 5.41) is 4.84. The highest BCUT2D eigenvalue weighted by Gasteiger charge is 2.28. The van der Waals surface area contributed by atoms with Crippen LogP contribution in [0, 0.1) is 6.92 Å². The van der Waals surface area contributed by atoms with Gasteiger partial charge in [-0.25, -0.2) is 8.42 Å². The van der Waals surface area contributed by atoms with E-state index in [1.54, 1.807) is 25.1 Å². The van der Waals surface area contributed by atoms with Gasteiger partial charge in [-0.2, -0.15) is 4.31 Å². The van der Waals surface area contributed by atoms with E-state index in [4.69, 9.17) is 4.74 Å². The predicted molar refractivity (Wildman–Crippen MR) is 113 cm³/mol. The van der Waals surface area contributed by atoms with E-state index in [2.05, 4.69) is 5.32 Å². The van der Waals surface area contributed by atoms with Crippen LogP contribution in [-0.4, -0.2) is 44.9 Å². The summed E-state index contributed by atoms with van der Waals surface area (Å²) in [4.78, 5) is 12.9. The molecule has 1 N–H and O–H groups in total. The molecule has 0 aromatic heterocycles. The van der Waals surface area contributed by atoms with Gasteiger partial charge in [0.2, 0.25) is 10.0 Å². The molecule has 0 atom stereocenters. The van der Waals surface area contributed by atoms with Crippen molar-refractivity contribution in [2.45, 2.75) is 11.8 Å². The number of hydrogen-bond donors (Lipinski definition) is 1. The zero-order chi connectivity index (χ0) is 20.4. The van der Waals surface area contributed by atoms with Gasteiger partial charge >= 0.3 is 0 Å². The summed E-state index contributed by atoms with van der Waals surface area (Å²) in [6.45, 7) is 3.18. The molecule has 0 saturated carbocycles. The standard InChI is InChI=1S/C22H22N2O4S/c1-16-6-9-20(15-21(16)29(26,27)24-10-12-28-13-11-24)23-22(25)19-8-7-17-4-2-3-5-18(17)14-19/h2-9,14-15H,10-13H2,1H3,(H,23,25). The van der Waals surface area contributed by atoms with Gasteiger partial charge in [0.25, 0.3) is 5.91 Å². The van der Waals surface area contributed by atoms with Crippen LogP contribution in [0.25, 0.3) is 10.8 Å². The predicted octanol–water partition coefficient (Wildman–Crippen LogP) is 3.42. The molecule has 6 nitrogen and oxygen atoms in total. The number of morpholine rings is 1. The molecule has 1 saturated heterocycles. The molecule has 29 heavy (non-hydrogen) atoms. The summed E-state index contributed by atoms with van der Waals surface area (Å²) in [7, 11) is -3.64. The van der Waals surface area contributed by atoms with Gasteiger partial charge in [0.1, 0.15) is 0 Å². The van der Waals surface area contributed by atoms with E-state index in [1.807, 2.05) is 36.4 Å². The number of ether oxygens (including phenoxy) is 1. The molecule has 3 aromatic carbocycles. The van der Waals surface area contributed by atoms with Crippen molar-refractivity contribution in [3.8, 4) is 0 Å². The molecule has 1 heterocycles. The van der Waals surface area contributed by atoms with E-state index in [0.29, 0.717) is 43.1 Å². The van der Waals surface area contributed by atoms with E-state index >= 15 is 0 Å². The summed E-state index contributed by atoms with van der Waals surface area (Å²) in [6.07, 6.45) is 0. The number of sulfonamides is 1. The Labute approximate surface area is 170 Å². The topological polar surface area (TPSA) is 75.7 Å². The second-order valence-electron chi connectivity index (χ2n) is 7.01. The van der Waals surface area contributed by atoms with Crippen molar-refractivity contribution < 1.29 is 17.9 Å². The highest BCUT2D eigenvalue weighted by atomic mass is 32.2. The molecule has 0 unspecified atom stereocenters. The maximum atomic E-state index is 13.0. The Hall–Kier alpha value is -2.74. The fourth-order valence-electron chi connectivity index (χ4n) is 3.42. The minimum Gasteiger partial charge on any atom is -0.379 e. The molecule has 4 rings (SSSR count). The maximum Gasteiger partial charge on any atom is 0.255 e. The van der Waals surface area contributed by atoms with Crippen molar-refractivity contribution in [2.75, 3.05) is 31.6 Å². The van der Waals surface area contributed by atoms with Gasteiger partial charge in [0.05, 0.1) is 18.1 Å². The molecular weight excluding hydrogens is 388 g/mol. The summed E-state index contributed by atoms with van der Waals surface area (Å²) in [6, 6.07) is 18.2. The Morgan fingerprint density at radius 2 is 1.69 bits per heavy atom. The van der Waals surface area contributed by atoms with Crippen molar-refractivity contribution in [1.82, 2.24) is 4.31 Å². The van der Waals surface area contributed by atoms with Crippen molar-refractivity contribution in [3.05, 3.63) is 71.8 Å². The van der Waals surface area contributed by atoms with Crippen molar-refractivity contribution in [3.63, 3.8) is 0 Å². The SMILES string of the molecule is Cc1ccc(NC(=O)c2ccc3ccccc3c2)cc1S(=O)(=O)N1CCOCC1. The minimum absolute atomic E-state index is 0.204. The van der Waals surface area contributed by atoms with Gasteiger partial charge in [0, 0.05) is 24.3 Å². The number of aryl methyl sites for hydroxylation is 1. The molecule has 1 aliphatic rings. The van der Waals surface area contributed by atoms with Crippen LogP contribution in [0.2, 0.25) is 0 Å². The summed E-state index contributed by atoms with van der Waals surface area (Å²) in [5.41, 5.74) is 1.60. The highest BCUT2D eigenvalue weighted by Crippen LogP contribution is 2.25. The normalized spacial score (nSPS) is 15.3. The Morgan fingerprint density at radius 3 is 2.45 bits per heavy atom. The zero-order valence-corrected chi connectivity index (χ0v) is 16.9. The first-order valence-electron chi connectivity index (χ1n) is 9.44. The molecule has 7 heteroatoms. The average Bonchev–Trinajstić information content (AvgIpc) is 2.75. The smallest absolute Gasteiger partial charge is 0.255 e. The number of carbonyl (C=O) groups excluding carboxylic acids is 1.